The highest BCUT2D eigenvalue weighted by Crippen LogP contribution is 2.24. The van der Waals surface area contributed by atoms with E-state index in [1.54, 1.807) is 42.5 Å². The zero-order chi connectivity index (χ0) is 18.6. The Bertz CT molecular complexity index is 954. The van der Waals surface area contributed by atoms with Gasteiger partial charge in [-0.05, 0) is 36.8 Å². The second-order valence-corrected chi connectivity index (χ2v) is 7.13. The van der Waals surface area contributed by atoms with Gasteiger partial charge in [0.15, 0.2) is 0 Å². The standard InChI is InChI=1S/C18H18N2O5S/c1-24-14-7-4-6-13(12-14)18(21)25-11-5-10-19-17-15-8-2-3-9-16(15)26(22,23)20-17/h2-4,6-9,12H,5,10-11H2,1H3,(H,19,20). The predicted octanol–water partition coefficient (Wildman–Crippen LogP) is 1.98. The molecule has 0 saturated carbocycles. The molecule has 0 radical (unpaired) electrons. The van der Waals surface area contributed by atoms with Crippen molar-refractivity contribution in [3.8, 4) is 5.75 Å². The summed E-state index contributed by atoms with van der Waals surface area (Å²) in [5, 5.41) is 2.98. The third kappa shape index (κ3) is 3.85. The van der Waals surface area contributed by atoms with Gasteiger partial charge in [-0.3, -0.25) is 0 Å². The second kappa shape index (κ2) is 7.57. The first-order valence-electron chi connectivity index (χ1n) is 8.01. The van der Waals surface area contributed by atoms with Crippen LogP contribution in [0.2, 0.25) is 0 Å². The molecule has 1 heterocycles. The quantitative estimate of drug-likeness (QED) is 0.614. The molecule has 2 aromatic carbocycles. The third-order valence-corrected chi connectivity index (χ3v) is 5.12. The van der Waals surface area contributed by atoms with Crippen LogP contribution in [0.5, 0.6) is 5.75 Å². The summed E-state index contributed by atoms with van der Waals surface area (Å²) in [5.74, 6) is 0.468. The average molecular weight is 374 g/mol. The van der Waals surface area contributed by atoms with Gasteiger partial charge in [-0.2, -0.15) is 8.42 Å². The number of carbonyl (C=O) groups excluding carboxylic acids is 1. The molecule has 1 N–H and O–H groups in total. The zero-order valence-electron chi connectivity index (χ0n) is 14.1. The maximum absolute atomic E-state index is 12.0. The van der Waals surface area contributed by atoms with Crippen LogP contribution in [0.3, 0.4) is 0 Å². The number of nitrogens with zero attached hydrogens (tertiary/aromatic N) is 1. The largest absolute Gasteiger partial charge is 0.497 e. The Morgan fingerprint density at radius 1 is 1.15 bits per heavy atom. The summed E-state index contributed by atoms with van der Waals surface area (Å²) >= 11 is 0. The average Bonchev–Trinajstić information content (AvgIpc) is 2.92. The van der Waals surface area contributed by atoms with E-state index in [1.807, 2.05) is 0 Å². The molecule has 0 unspecified atom stereocenters. The van der Waals surface area contributed by atoms with Crippen LogP contribution in [0, 0.1) is 0 Å². The first kappa shape index (κ1) is 17.9. The van der Waals surface area contributed by atoms with Crippen molar-refractivity contribution in [3.63, 3.8) is 0 Å². The molecule has 0 atom stereocenters. The van der Waals surface area contributed by atoms with Gasteiger partial charge in [0.25, 0.3) is 10.0 Å². The molecule has 2 aromatic rings. The molecule has 0 fully saturated rings. The molecule has 0 saturated heterocycles. The van der Waals surface area contributed by atoms with Crippen molar-refractivity contribution in [2.45, 2.75) is 11.3 Å². The molecule has 0 aromatic heterocycles. The first-order valence-corrected chi connectivity index (χ1v) is 9.45. The summed E-state index contributed by atoms with van der Waals surface area (Å²) in [5.41, 5.74) is 0.971. The Morgan fingerprint density at radius 2 is 1.96 bits per heavy atom. The summed E-state index contributed by atoms with van der Waals surface area (Å²) in [6.45, 7) is 0.624. The summed E-state index contributed by atoms with van der Waals surface area (Å²) in [4.78, 5) is 12.2. The van der Waals surface area contributed by atoms with Crippen LogP contribution in [0.25, 0.3) is 0 Å². The number of rotatable bonds is 6. The van der Waals surface area contributed by atoms with Crippen LogP contribution >= 0.6 is 0 Å². The fourth-order valence-electron chi connectivity index (χ4n) is 2.51. The predicted molar refractivity (Wildman–Crippen MR) is 96.1 cm³/mol. The van der Waals surface area contributed by atoms with Crippen LogP contribution in [0.1, 0.15) is 22.3 Å². The van der Waals surface area contributed by atoms with Crippen molar-refractivity contribution in [2.24, 2.45) is 4.40 Å². The van der Waals surface area contributed by atoms with Crippen LogP contribution in [-0.2, 0) is 14.8 Å². The number of esters is 1. The molecular weight excluding hydrogens is 356 g/mol. The number of hydrogen-bond acceptors (Lipinski definition) is 6. The molecule has 0 amide bonds. The van der Waals surface area contributed by atoms with Crippen molar-refractivity contribution < 1.29 is 22.7 Å². The van der Waals surface area contributed by atoms with Crippen LogP contribution in [-0.4, -0.2) is 40.5 Å². The number of ether oxygens (including phenoxy) is 2. The molecule has 1 aliphatic rings. The van der Waals surface area contributed by atoms with Crippen molar-refractivity contribution in [2.75, 3.05) is 20.3 Å². The number of hydrogen-bond donors (Lipinski definition) is 1. The third-order valence-electron chi connectivity index (χ3n) is 3.78. The Hall–Kier alpha value is -2.87. The summed E-state index contributed by atoms with van der Waals surface area (Å²) < 4.78 is 37.9. The van der Waals surface area contributed by atoms with Gasteiger partial charge in [-0.25, -0.2) is 4.79 Å². The molecule has 7 nitrogen and oxygen atoms in total. The van der Waals surface area contributed by atoms with E-state index in [1.165, 1.54) is 13.2 Å². The highest BCUT2D eigenvalue weighted by molar-refractivity contribution is 7.90. The van der Waals surface area contributed by atoms with E-state index in [2.05, 4.69) is 9.71 Å². The fraction of sp³-hybridized carbons (Fsp3) is 0.222. The highest BCUT2D eigenvalue weighted by atomic mass is 32.2. The van der Waals surface area contributed by atoms with Crippen molar-refractivity contribution in [1.29, 1.82) is 0 Å². The Labute approximate surface area is 151 Å². The molecular formula is C18H18N2O5S. The number of sulfonamides is 1. The monoisotopic (exact) mass is 374 g/mol. The minimum atomic E-state index is -3.63. The van der Waals surface area contributed by atoms with Crippen LogP contribution in [0.15, 0.2) is 57.8 Å². The minimum absolute atomic E-state index is 0.199. The smallest absolute Gasteiger partial charge is 0.338 e. The van der Waals surface area contributed by atoms with E-state index in [4.69, 9.17) is 9.47 Å². The summed E-state index contributed by atoms with van der Waals surface area (Å²) in [7, 11) is -2.10. The first-order chi connectivity index (χ1) is 12.5. The number of nitrogens with one attached hydrogen (secondary N) is 1. The lowest BCUT2D eigenvalue weighted by atomic mass is 10.2. The minimum Gasteiger partial charge on any atom is -0.497 e. The van der Waals surface area contributed by atoms with E-state index in [0.29, 0.717) is 35.7 Å². The van der Waals surface area contributed by atoms with E-state index in [9.17, 15) is 13.2 Å². The number of methoxy groups -OCH3 is 1. The van der Waals surface area contributed by atoms with E-state index >= 15 is 0 Å². The van der Waals surface area contributed by atoms with Gasteiger partial charge in [0, 0.05) is 12.1 Å². The summed E-state index contributed by atoms with van der Waals surface area (Å²) in [6.07, 6.45) is 0.511. The van der Waals surface area contributed by atoms with Gasteiger partial charge < -0.3 is 14.8 Å². The Balaban J connectivity index is 1.49. The zero-order valence-corrected chi connectivity index (χ0v) is 15.0. The number of fused-ring (bicyclic) bond motifs is 1. The molecule has 26 heavy (non-hydrogen) atoms. The molecule has 1 aliphatic heterocycles. The van der Waals surface area contributed by atoms with Gasteiger partial charge in [-0.1, -0.05) is 18.2 Å². The van der Waals surface area contributed by atoms with Gasteiger partial charge in [0.1, 0.15) is 16.5 Å². The van der Waals surface area contributed by atoms with E-state index in [0.717, 1.165) is 0 Å². The molecule has 3 rings (SSSR count). The fourth-order valence-corrected chi connectivity index (χ4v) is 3.71. The van der Waals surface area contributed by atoms with Crippen molar-refractivity contribution in [1.82, 2.24) is 5.32 Å². The maximum Gasteiger partial charge on any atom is 0.338 e. The maximum atomic E-state index is 12.0. The molecule has 8 heteroatoms. The summed E-state index contributed by atoms with van der Waals surface area (Å²) in [6, 6.07) is 13.4. The Kier molecular flexibility index (Phi) is 5.22. The lowest BCUT2D eigenvalue weighted by molar-refractivity contribution is 0.0501. The topological polar surface area (TPSA) is 94.1 Å². The van der Waals surface area contributed by atoms with Gasteiger partial charge in [0.2, 0.25) is 0 Å². The van der Waals surface area contributed by atoms with E-state index < -0.39 is 16.0 Å². The second-order valence-electron chi connectivity index (χ2n) is 5.56. The number of carbonyl (C=O) groups is 1. The molecule has 136 valence electrons. The van der Waals surface area contributed by atoms with Crippen molar-refractivity contribution in [3.05, 3.63) is 59.7 Å². The molecule has 0 bridgehead atoms. The number of amidine groups is 1. The normalized spacial score (nSPS) is 14.3. The van der Waals surface area contributed by atoms with Gasteiger partial charge in [-0.15, -0.1) is 4.40 Å². The van der Waals surface area contributed by atoms with E-state index in [-0.39, 0.29) is 11.5 Å². The molecule has 0 spiro atoms. The van der Waals surface area contributed by atoms with Crippen LogP contribution < -0.4 is 10.1 Å². The lowest BCUT2D eigenvalue weighted by Crippen LogP contribution is -2.25. The lowest BCUT2D eigenvalue weighted by Gasteiger charge is -2.08. The highest BCUT2D eigenvalue weighted by Gasteiger charge is 2.27. The number of benzene rings is 2. The van der Waals surface area contributed by atoms with Gasteiger partial charge >= 0.3 is 5.97 Å². The van der Waals surface area contributed by atoms with Crippen LogP contribution in [0.4, 0.5) is 0 Å². The SMILES string of the molecule is COc1cccc(C(=O)OCCCNC2=NS(=O)(=O)c3ccccc32)c1. The molecule has 0 aliphatic carbocycles. The van der Waals surface area contributed by atoms with Gasteiger partial charge in [0.05, 0.1) is 19.3 Å². The van der Waals surface area contributed by atoms with Crippen molar-refractivity contribution >= 4 is 21.8 Å². The Morgan fingerprint density at radius 3 is 2.77 bits per heavy atom.